The largest absolute Gasteiger partial charge is 0.483 e. The Hall–Kier alpha value is -2.37. The highest BCUT2D eigenvalue weighted by molar-refractivity contribution is 7.86. The van der Waals surface area contributed by atoms with E-state index >= 15 is 0 Å². The van der Waals surface area contributed by atoms with Gasteiger partial charge in [-0.2, -0.15) is 8.42 Å². The zero-order chi connectivity index (χ0) is 18.3. The maximum absolute atomic E-state index is 12.3. The van der Waals surface area contributed by atoms with Crippen LogP contribution in [0.2, 0.25) is 0 Å². The second kappa shape index (κ2) is 8.65. The number of para-hydroxylation sites is 1. The highest BCUT2D eigenvalue weighted by atomic mass is 32.2. The van der Waals surface area contributed by atoms with Crippen molar-refractivity contribution in [3.8, 4) is 5.75 Å². The molecule has 0 aromatic heterocycles. The third kappa shape index (κ3) is 5.31. The average Bonchev–Trinajstić information content (AvgIpc) is 2.60. The molecule has 2 aromatic rings. The number of hydrogen-bond donors (Lipinski definition) is 0. The Morgan fingerprint density at radius 3 is 2.44 bits per heavy atom. The van der Waals surface area contributed by atoms with E-state index in [2.05, 4.69) is 6.58 Å². The molecule has 0 saturated carbocycles. The molecule has 0 unspecified atom stereocenters. The second-order valence-corrected chi connectivity index (χ2v) is 7.10. The normalized spacial score (nSPS) is 12.9. The maximum Gasteiger partial charge on any atom is 0.297 e. The lowest BCUT2D eigenvalue weighted by atomic mass is 10.2. The second-order valence-electron chi connectivity index (χ2n) is 5.48. The van der Waals surface area contributed by atoms with Crippen molar-refractivity contribution >= 4 is 16.2 Å². The number of benzene rings is 2. The van der Waals surface area contributed by atoms with Crippen LogP contribution in [-0.2, 0) is 14.3 Å². The quantitative estimate of drug-likeness (QED) is 0.519. The van der Waals surface area contributed by atoms with Gasteiger partial charge in [-0.15, -0.1) is 0 Å². The molecule has 0 saturated heterocycles. The standard InChI is InChI=1S/C20H22O4S/c1-4-8-17-9-6-7-10-20(17)24-18(5-2)15-23-25(21,22)19-13-11-16(3)12-14-19/h4-14,18H,2,15H2,1,3H3/b8-4+/t18-/m0/s1. The van der Waals surface area contributed by atoms with Crippen LogP contribution in [0.5, 0.6) is 5.75 Å². The Bertz CT molecular complexity index is 836. The van der Waals surface area contributed by atoms with E-state index in [1.807, 2.05) is 50.3 Å². The number of allylic oxidation sites excluding steroid dienone is 1. The Labute approximate surface area is 149 Å². The third-order valence-electron chi connectivity index (χ3n) is 3.50. The molecule has 0 aliphatic carbocycles. The van der Waals surface area contributed by atoms with Crippen molar-refractivity contribution in [3.05, 3.63) is 78.4 Å². The lowest BCUT2D eigenvalue weighted by molar-refractivity contribution is 0.167. The molecule has 0 aliphatic heterocycles. The van der Waals surface area contributed by atoms with Gasteiger partial charge in [0, 0.05) is 5.56 Å². The first-order valence-electron chi connectivity index (χ1n) is 7.93. The third-order valence-corrected chi connectivity index (χ3v) is 4.80. The highest BCUT2D eigenvalue weighted by Gasteiger charge is 2.18. The Morgan fingerprint density at radius 2 is 1.80 bits per heavy atom. The monoisotopic (exact) mass is 358 g/mol. The van der Waals surface area contributed by atoms with Crippen molar-refractivity contribution < 1.29 is 17.3 Å². The van der Waals surface area contributed by atoms with Gasteiger partial charge in [-0.3, -0.25) is 4.18 Å². The summed E-state index contributed by atoms with van der Waals surface area (Å²) in [4.78, 5) is 0.121. The van der Waals surface area contributed by atoms with Crippen molar-refractivity contribution in [1.82, 2.24) is 0 Å². The molecule has 0 N–H and O–H groups in total. The molecular weight excluding hydrogens is 336 g/mol. The minimum atomic E-state index is -3.84. The van der Waals surface area contributed by atoms with E-state index in [1.165, 1.54) is 18.2 Å². The first kappa shape index (κ1) is 19.0. The number of rotatable bonds is 8. The fourth-order valence-electron chi connectivity index (χ4n) is 2.15. The summed E-state index contributed by atoms with van der Waals surface area (Å²) in [5.74, 6) is 0.641. The smallest absolute Gasteiger partial charge is 0.297 e. The lowest BCUT2D eigenvalue weighted by Crippen LogP contribution is -2.23. The van der Waals surface area contributed by atoms with Gasteiger partial charge in [-0.05, 0) is 38.1 Å². The molecule has 0 radical (unpaired) electrons. The molecule has 2 rings (SSSR count). The van der Waals surface area contributed by atoms with Crippen molar-refractivity contribution in [2.45, 2.75) is 24.8 Å². The summed E-state index contributed by atoms with van der Waals surface area (Å²) in [5.41, 5.74) is 1.88. The zero-order valence-electron chi connectivity index (χ0n) is 14.4. The SMILES string of the molecule is C=C[C@@H](COS(=O)(=O)c1ccc(C)cc1)Oc1ccccc1/C=C/C. The first-order valence-corrected chi connectivity index (χ1v) is 9.34. The fourth-order valence-corrected chi connectivity index (χ4v) is 3.07. The molecular formula is C20H22O4S. The van der Waals surface area contributed by atoms with E-state index in [4.69, 9.17) is 8.92 Å². The Kier molecular flexibility index (Phi) is 6.56. The topological polar surface area (TPSA) is 52.6 Å². The van der Waals surface area contributed by atoms with E-state index in [1.54, 1.807) is 12.1 Å². The van der Waals surface area contributed by atoms with E-state index in [0.29, 0.717) is 5.75 Å². The summed E-state index contributed by atoms with van der Waals surface area (Å²) in [6, 6.07) is 14.0. The van der Waals surface area contributed by atoms with Gasteiger partial charge in [-0.1, -0.05) is 54.6 Å². The highest BCUT2D eigenvalue weighted by Crippen LogP contribution is 2.22. The molecule has 0 heterocycles. The summed E-state index contributed by atoms with van der Waals surface area (Å²) < 4.78 is 35.5. The van der Waals surface area contributed by atoms with Crippen LogP contribution < -0.4 is 4.74 Å². The maximum atomic E-state index is 12.3. The van der Waals surface area contributed by atoms with Crippen LogP contribution in [0.1, 0.15) is 18.1 Å². The molecule has 132 valence electrons. The number of aryl methyl sites for hydroxylation is 1. The van der Waals surface area contributed by atoms with Crippen LogP contribution in [0.3, 0.4) is 0 Å². The molecule has 0 aliphatic rings. The van der Waals surface area contributed by atoms with Crippen LogP contribution in [0.4, 0.5) is 0 Å². The summed E-state index contributed by atoms with van der Waals surface area (Å²) in [5, 5.41) is 0. The summed E-state index contributed by atoms with van der Waals surface area (Å²) in [7, 11) is -3.84. The summed E-state index contributed by atoms with van der Waals surface area (Å²) in [6.07, 6.45) is 4.76. The Morgan fingerprint density at radius 1 is 1.12 bits per heavy atom. The van der Waals surface area contributed by atoms with Crippen LogP contribution in [0.15, 0.2) is 72.2 Å². The summed E-state index contributed by atoms with van der Waals surface area (Å²) in [6.45, 7) is 7.36. The molecule has 5 heteroatoms. The Balaban J connectivity index is 2.08. The van der Waals surface area contributed by atoms with E-state index in [-0.39, 0.29) is 11.5 Å². The molecule has 25 heavy (non-hydrogen) atoms. The van der Waals surface area contributed by atoms with Crippen LogP contribution in [-0.4, -0.2) is 21.1 Å². The van der Waals surface area contributed by atoms with Gasteiger partial charge < -0.3 is 4.74 Å². The summed E-state index contributed by atoms with van der Waals surface area (Å²) >= 11 is 0. The van der Waals surface area contributed by atoms with Gasteiger partial charge in [-0.25, -0.2) is 0 Å². The number of hydrogen-bond acceptors (Lipinski definition) is 4. The van der Waals surface area contributed by atoms with E-state index < -0.39 is 16.2 Å². The minimum Gasteiger partial charge on any atom is -0.483 e. The van der Waals surface area contributed by atoms with Gasteiger partial charge in [0.15, 0.2) is 0 Å². The van der Waals surface area contributed by atoms with Crippen molar-refractivity contribution in [2.24, 2.45) is 0 Å². The van der Waals surface area contributed by atoms with Gasteiger partial charge in [0.2, 0.25) is 0 Å². The van der Waals surface area contributed by atoms with Gasteiger partial charge >= 0.3 is 0 Å². The van der Waals surface area contributed by atoms with Crippen LogP contribution >= 0.6 is 0 Å². The first-order chi connectivity index (χ1) is 12.0. The van der Waals surface area contributed by atoms with Crippen molar-refractivity contribution in [2.75, 3.05) is 6.61 Å². The van der Waals surface area contributed by atoms with Gasteiger partial charge in [0.25, 0.3) is 10.1 Å². The lowest BCUT2D eigenvalue weighted by Gasteiger charge is -2.17. The number of ether oxygens (including phenoxy) is 1. The van der Waals surface area contributed by atoms with Gasteiger partial charge in [0.05, 0.1) is 4.90 Å². The molecule has 4 nitrogen and oxygen atoms in total. The van der Waals surface area contributed by atoms with Crippen LogP contribution in [0, 0.1) is 6.92 Å². The van der Waals surface area contributed by atoms with Gasteiger partial charge in [0.1, 0.15) is 18.5 Å². The van der Waals surface area contributed by atoms with E-state index in [0.717, 1.165) is 11.1 Å². The van der Waals surface area contributed by atoms with Crippen LogP contribution in [0.25, 0.3) is 6.08 Å². The predicted molar refractivity (Wildman–Crippen MR) is 100 cm³/mol. The van der Waals surface area contributed by atoms with Crippen molar-refractivity contribution in [1.29, 1.82) is 0 Å². The zero-order valence-corrected chi connectivity index (χ0v) is 15.2. The van der Waals surface area contributed by atoms with E-state index in [9.17, 15) is 8.42 Å². The molecule has 0 fully saturated rings. The molecule has 2 aromatic carbocycles. The minimum absolute atomic E-state index is 0.121. The molecule has 0 amide bonds. The molecule has 0 bridgehead atoms. The van der Waals surface area contributed by atoms with Crippen molar-refractivity contribution in [3.63, 3.8) is 0 Å². The predicted octanol–water partition coefficient (Wildman–Crippen LogP) is 4.37. The average molecular weight is 358 g/mol. The fraction of sp³-hybridized carbons (Fsp3) is 0.200. The molecule has 1 atom stereocenters. The molecule has 0 spiro atoms.